The number of ether oxygens (including phenoxy) is 2. The Morgan fingerprint density at radius 1 is 0.800 bits per heavy atom. The Hall–Kier alpha value is -1.34. The molecular weight excluding hydrogens is 389 g/mol. The van der Waals surface area contributed by atoms with Gasteiger partial charge >= 0.3 is 36.2 Å². The zero-order chi connectivity index (χ0) is 20.7. The van der Waals surface area contributed by atoms with E-state index in [1.807, 2.05) is 0 Å². The minimum Gasteiger partial charge on any atom is -0.455 e. The summed E-state index contributed by atoms with van der Waals surface area (Å²) in [4.78, 5) is 11.2. The van der Waals surface area contributed by atoms with Crippen molar-refractivity contribution < 1.29 is 62.6 Å². The summed E-state index contributed by atoms with van der Waals surface area (Å²) >= 11 is 0. The number of esters is 1. The van der Waals surface area contributed by atoms with E-state index >= 15 is 0 Å². The summed E-state index contributed by atoms with van der Waals surface area (Å²) in [5.74, 6) is -16.8. The van der Waals surface area contributed by atoms with Crippen molar-refractivity contribution in [3.05, 3.63) is 0 Å². The minimum absolute atomic E-state index is 0.290. The number of hydrogen-bond donors (Lipinski definition) is 0. The van der Waals surface area contributed by atoms with Gasteiger partial charge in [0.2, 0.25) is 0 Å². The van der Waals surface area contributed by atoms with Gasteiger partial charge in [0.25, 0.3) is 0 Å². The average Bonchev–Trinajstić information content (AvgIpc) is 2.34. The molecule has 0 saturated heterocycles. The Bertz CT molecular complexity index is 494. The number of alkyl halides is 11. The standard InChI is InChI=1S/C11H11F11O3/c1-4-6(2,3)24-5(23)7(12,9(15,16)17)25-11(21,22)8(13,14)10(18,19)20/h4H2,1-3H3/t7-/m0/s1. The molecule has 3 nitrogen and oxygen atoms in total. The molecule has 0 aromatic heterocycles. The third-order valence-corrected chi connectivity index (χ3v) is 2.84. The van der Waals surface area contributed by atoms with E-state index in [1.54, 1.807) is 0 Å². The number of carbonyl (C=O) groups excluding carboxylic acids is 1. The third-order valence-electron chi connectivity index (χ3n) is 2.84. The largest absolute Gasteiger partial charge is 0.462 e. The molecular formula is C11H11F11O3. The second-order valence-corrected chi connectivity index (χ2v) is 5.29. The fraction of sp³-hybridized carbons (Fsp3) is 0.909. The monoisotopic (exact) mass is 400 g/mol. The van der Waals surface area contributed by atoms with Crippen LogP contribution in [-0.2, 0) is 14.3 Å². The highest BCUT2D eigenvalue weighted by Crippen LogP contribution is 2.51. The van der Waals surface area contributed by atoms with Crippen molar-refractivity contribution in [2.75, 3.05) is 0 Å². The van der Waals surface area contributed by atoms with Gasteiger partial charge in [0.1, 0.15) is 5.60 Å². The minimum atomic E-state index is -7.23. The quantitative estimate of drug-likeness (QED) is 0.477. The molecule has 0 radical (unpaired) electrons. The molecule has 1 atom stereocenters. The van der Waals surface area contributed by atoms with Gasteiger partial charge in [-0.1, -0.05) is 6.92 Å². The van der Waals surface area contributed by atoms with E-state index in [0.717, 1.165) is 13.8 Å². The van der Waals surface area contributed by atoms with Crippen LogP contribution in [0.4, 0.5) is 48.3 Å². The molecule has 0 aliphatic carbocycles. The lowest BCUT2D eigenvalue weighted by atomic mass is 10.1. The highest BCUT2D eigenvalue weighted by atomic mass is 19.4. The zero-order valence-corrected chi connectivity index (χ0v) is 12.6. The van der Waals surface area contributed by atoms with E-state index < -0.39 is 41.8 Å². The van der Waals surface area contributed by atoms with E-state index in [0.29, 0.717) is 0 Å². The van der Waals surface area contributed by atoms with Gasteiger partial charge < -0.3 is 4.74 Å². The Morgan fingerprint density at radius 2 is 1.20 bits per heavy atom. The van der Waals surface area contributed by atoms with Crippen LogP contribution >= 0.6 is 0 Å². The molecule has 0 unspecified atom stereocenters. The van der Waals surface area contributed by atoms with Crippen LogP contribution in [0, 0.1) is 0 Å². The fourth-order valence-electron chi connectivity index (χ4n) is 1.01. The predicted molar refractivity (Wildman–Crippen MR) is 57.4 cm³/mol. The zero-order valence-electron chi connectivity index (χ0n) is 12.6. The summed E-state index contributed by atoms with van der Waals surface area (Å²) in [7, 11) is 0. The Labute approximate surface area is 133 Å². The highest BCUT2D eigenvalue weighted by molar-refractivity contribution is 5.79. The van der Waals surface area contributed by atoms with Crippen LogP contribution in [0.15, 0.2) is 0 Å². The molecule has 0 saturated carbocycles. The van der Waals surface area contributed by atoms with Crippen LogP contribution in [0.1, 0.15) is 27.2 Å². The van der Waals surface area contributed by atoms with Crippen LogP contribution in [0.2, 0.25) is 0 Å². The summed E-state index contributed by atoms with van der Waals surface area (Å²) < 4.78 is 144. The van der Waals surface area contributed by atoms with Crippen molar-refractivity contribution in [2.45, 2.75) is 63.0 Å². The van der Waals surface area contributed by atoms with Gasteiger partial charge in [-0.3, -0.25) is 4.74 Å². The maximum Gasteiger partial charge on any atom is 0.462 e. The van der Waals surface area contributed by atoms with Crippen LogP contribution in [0.3, 0.4) is 0 Å². The van der Waals surface area contributed by atoms with Crippen LogP contribution in [-0.4, -0.2) is 41.8 Å². The van der Waals surface area contributed by atoms with Crippen LogP contribution < -0.4 is 0 Å². The lowest BCUT2D eigenvalue weighted by molar-refractivity contribution is -0.475. The Morgan fingerprint density at radius 3 is 1.48 bits per heavy atom. The van der Waals surface area contributed by atoms with Crippen LogP contribution in [0.25, 0.3) is 0 Å². The van der Waals surface area contributed by atoms with E-state index in [4.69, 9.17) is 0 Å². The predicted octanol–water partition coefficient (Wildman–Crippen LogP) is 4.75. The fourth-order valence-corrected chi connectivity index (χ4v) is 1.01. The van der Waals surface area contributed by atoms with Crippen molar-refractivity contribution >= 4 is 5.97 Å². The molecule has 150 valence electrons. The Kier molecular flexibility index (Phi) is 6.09. The first-order chi connectivity index (χ1) is 10.6. The van der Waals surface area contributed by atoms with Gasteiger partial charge in [0.05, 0.1) is 0 Å². The molecule has 0 aliphatic heterocycles. The molecule has 0 bridgehead atoms. The van der Waals surface area contributed by atoms with E-state index in [9.17, 15) is 53.1 Å². The second kappa shape index (κ2) is 6.43. The smallest absolute Gasteiger partial charge is 0.455 e. The first-order valence-corrected chi connectivity index (χ1v) is 6.16. The molecule has 0 aromatic rings. The van der Waals surface area contributed by atoms with Gasteiger partial charge in [-0.25, -0.2) is 4.79 Å². The maximum absolute atomic E-state index is 13.8. The molecule has 14 heteroatoms. The highest BCUT2D eigenvalue weighted by Gasteiger charge is 2.80. The molecule has 0 aliphatic rings. The molecule has 25 heavy (non-hydrogen) atoms. The summed E-state index contributed by atoms with van der Waals surface area (Å²) in [6, 6.07) is 0. The molecule has 0 spiro atoms. The number of halogens is 11. The van der Waals surface area contributed by atoms with Crippen molar-refractivity contribution in [1.82, 2.24) is 0 Å². The van der Waals surface area contributed by atoms with Gasteiger partial charge in [0.15, 0.2) is 0 Å². The SMILES string of the molecule is CCC(C)(C)OC(=O)[C@](F)(OC(F)(F)C(F)(F)C(F)(F)F)C(F)(F)F. The maximum atomic E-state index is 13.8. The van der Waals surface area contributed by atoms with Crippen LogP contribution in [0.5, 0.6) is 0 Å². The first kappa shape index (κ1) is 23.7. The lowest BCUT2D eigenvalue weighted by Crippen LogP contribution is -2.62. The molecule has 0 amide bonds. The molecule has 0 N–H and O–H groups in total. The summed E-state index contributed by atoms with van der Waals surface area (Å²) in [5, 5.41) is 0. The van der Waals surface area contributed by atoms with Crippen molar-refractivity contribution in [1.29, 1.82) is 0 Å². The van der Waals surface area contributed by atoms with Gasteiger partial charge in [-0.15, -0.1) is 0 Å². The van der Waals surface area contributed by atoms with E-state index in [2.05, 4.69) is 9.47 Å². The normalized spacial score (nSPS) is 17.2. The van der Waals surface area contributed by atoms with E-state index in [-0.39, 0.29) is 6.42 Å². The summed E-state index contributed by atoms with van der Waals surface area (Å²) in [5.41, 5.74) is -1.90. The van der Waals surface area contributed by atoms with Crippen molar-refractivity contribution in [3.63, 3.8) is 0 Å². The van der Waals surface area contributed by atoms with Crippen molar-refractivity contribution in [2.24, 2.45) is 0 Å². The molecule has 0 aromatic carbocycles. The first-order valence-electron chi connectivity index (χ1n) is 6.16. The van der Waals surface area contributed by atoms with Gasteiger partial charge in [-0.05, 0) is 20.3 Å². The van der Waals surface area contributed by atoms with E-state index in [1.165, 1.54) is 6.92 Å². The summed E-state index contributed by atoms with van der Waals surface area (Å²) in [6.45, 7) is 2.99. The third kappa shape index (κ3) is 4.64. The number of rotatable bonds is 6. The molecule has 0 fully saturated rings. The average molecular weight is 400 g/mol. The van der Waals surface area contributed by atoms with Crippen molar-refractivity contribution in [3.8, 4) is 0 Å². The Balaban J connectivity index is 5.98. The summed E-state index contributed by atoms with van der Waals surface area (Å²) in [6.07, 6.45) is -21.2. The van der Waals surface area contributed by atoms with Gasteiger partial charge in [-0.2, -0.15) is 48.3 Å². The molecule has 0 rings (SSSR count). The second-order valence-electron chi connectivity index (χ2n) is 5.29. The number of hydrogen-bond acceptors (Lipinski definition) is 3. The molecule has 0 heterocycles. The lowest BCUT2D eigenvalue weighted by Gasteiger charge is -2.35. The van der Waals surface area contributed by atoms with Gasteiger partial charge in [0, 0.05) is 0 Å². The topological polar surface area (TPSA) is 35.5 Å². The number of carbonyl (C=O) groups is 1.